The lowest BCUT2D eigenvalue weighted by atomic mass is 10.0. The lowest BCUT2D eigenvalue weighted by molar-refractivity contribution is -0.122. The van der Waals surface area contributed by atoms with Crippen molar-refractivity contribution in [1.82, 2.24) is 5.32 Å². The number of hydrogen-bond acceptors (Lipinski definition) is 3. The maximum Gasteiger partial charge on any atom is 0.387 e. The SMILES string of the molecule is NC(=O)[C@@H]1CCC[C@H]1NC(=O)c1cccc(OC(F)F)c1. The Bertz CT molecular complexity index is 537. The van der Waals surface area contributed by atoms with Crippen molar-refractivity contribution in [3.63, 3.8) is 0 Å². The fourth-order valence-corrected chi connectivity index (χ4v) is 2.54. The average Bonchev–Trinajstić information content (AvgIpc) is 2.86. The summed E-state index contributed by atoms with van der Waals surface area (Å²) in [6, 6.07) is 5.20. The van der Waals surface area contributed by atoms with E-state index in [-0.39, 0.29) is 23.3 Å². The van der Waals surface area contributed by atoms with Crippen molar-refractivity contribution in [2.24, 2.45) is 11.7 Å². The van der Waals surface area contributed by atoms with Gasteiger partial charge in [-0.3, -0.25) is 9.59 Å². The first kappa shape index (κ1) is 15.2. The van der Waals surface area contributed by atoms with Gasteiger partial charge < -0.3 is 15.8 Å². The van der Waals surface area contributed by atoms with Crippen LogP contribution in [0.5, 0.6) is 5.75 Å². The number of amides is 2. The average molecular weight is 298 g/mol. The highest BCUT2D eigenvalue weighted by Crippen LogP contribution is 2.26. The predicted octanol–water partition coefficient (Wildman–Crippen LogP) is 1.67. The number of rotatable bonds is 5. The van der Waals surface area contributed by atoms with Gasteiger partial charge >= 0.3 is 6.61 Å². The summed E-state index contributed by atoms with van der Waals surface area (Å²) in [7, 11) is 0. The van der Waals surface area contributed by atoms with Crippen LogP contribution in [0.3, 0.4) is 0 Å². The molecule has 2 rings (SSSR count). The maximum absolute atomic E-state index is 12.1. The van der Waals surface area contributed by atoms with Gasteiger partial charge in [-0.2, -0.15) is 8.78 Å². The molecule has 2 atom stereocenters. The lowest BCUT2D eigenvalue weighted by Crippen LogP contribution is -2.42. The molecular weight excluding hydrogens is 282 g/mol. The van der Waals surface area contributed by atoms with E-state index in [1.807, 2.05) is 0 Å². The Labute approximate surface area is 120 Å². The van der Waals surface area contributed by atoms with E-state index in [9.17, 15) is 18.4 Å². The predicted molar refractivity (Wildman–Crippen MR) is 70.9 cm³/mol. The molecule has 21 heavy (non-hydrogen) atoms. The van der Waals surface area contributed by atoms with Crippen molar-refractivity contribution >= 4 is 11.8 Å². The van der Waals surface area contributed by atoms with E-state index in [2.05, 4.69) is 10.1 Å². The molecule has 0 aromatic heterocycles. The van der Waals surface area contributed by atoms with Gasteiger partial charge in [0.1, 0.15) is 5.75 Å². The van der Waals surface area contributed by atoms with Gasteiger partial charge in [-0.15, -0.1) is 0 Å². The zero-order valence-corrected chi connectivity index (χ0v) is 11.2. The quantitative estimate of drug-likeness (QED) is 0.867. The number of primary amides is 1. The van der Waals surface area contributed by atoms with Crippen LogP contribution in [0.4, 0.5) is 8.78 Å². The van der Waals surface area contributed by atoms with Gasteiger partial charge in [0.2, 0.25) is 5.91 Å². The number of carbonyl (C=O) groups is 2. The second-order valence-electron chi connectivity index (χ2n) is 4.93. The summed E-state index contributed by atoms with van der Waals surface area (Å²) < 4.78 is 28.5. The van der Waals surface area contributed by atoms with Crippen molar-refractivity contribution in [1.29, 1.82) is 0 Å². The molecule has 3 N–H and O–H groups in total. The van der Waals surface area contributed by atoms with Crippen LogP contribution >= 0.6 is 0 Å². The van der Waals surface area contributed by atoms with Gasteiger partial charge in [-0.1, -0.05) is 12.5 Å². The number of halogens is 2. The number of alkyl halides is 2. The molecule has 5 nitrogen and oxygen atoms in total. The minimum Gasteiger partial charge on any atom is -0.435 e. The minimum atomic E-state index is -2.95. The van der Waals surface area contributed by atoms with E-state index < -0.39 is 18.4 Å². The van der Waals surface area contributed by atoms with E-state index in [4.69, 9.17) is 5.73 Å². The van der Waals surface area contributed by atoms with Crippen molar-refractivity contribution in [2.45, 2.75) is 31.9 Å². The molecule has 0 saturated heterocycles. The van der Waals surface area contributed by atoms with E-state index in [1.165, 1.54) is 24.3 Å². The van der Waals surface area contributed by atoms with Crippen LogP contribution in [0.2, 0.25) is 0 Å². The first-order valence-electron chi connectivity index (χ1n) is 6.62. The Hall–Kier alpha value is -2.18. The third-order valence-electron chi connectivity index (χ3n) is 3.52. The van der Waals surface area contributed by atoms with Crippen LogP contribution in [-0.2, 0) is 4.79 Å². The normalized spacial score (nSPS) is 21.3. The Morgan fingerprint density at radius 1 is 1.33 bits per heavy atom. The second-order valence-corrected chi connectivity index (χ2v) is 4.93. The summed E-state index contributed by atoms with van der Waals surface area (Å²) in [5.41, 5.74) is 5.49. The summed E-state index contributed by atoms with van der Waals surface area (Å²) in [5, 5.41) is 2.72. The highest BCUT2D eigenvalue weighted by Gasteiger charge is 2.32. The van der Waals surface area contributed by atoms with Crippen LogP contribution in [0.1, 0.15) is 29.6 Å². The standard InChI is InChI=1S/C14H16F2N2O3/c15-14(16)21-9-4-1-3-8(7-9)13(20)18-11-6-2-5-10(11)12(17)19/h1,3-4,7,10-11,14H,2,5-6H2,(H2,17,19)(H,18,20)/t10-,11-/m1/s1. The van der Waals surface area contributed by atoms with Crippen molar-refractivity contribution in [2.75, 3.05) is 0 Å². The fourth-order valence-electron chi connectivity index (χ4n) is 2.54. The van der Waals surface area contributed by atoms with Gasteiger partial charge in [0.05, 0.1) is 5.92 Å². The molecule has 1 aliphatic carbocycles. The highest BCUT2D eigenvalue weighted by molar-refractivity contribution is 5.95. The molecule has 1 fully saturated rings. The van der Waals surface area contributed by atoms with Gasteiger partial charge in [0.15, 0.2) is 0 Å². The van der Waals surface area contributed by atoms with Crippen LogP contribution in [0.15, 0.2) is 24.3 Å². The third-order valence-corrected chi connectivity index (χ3v) is 3.52. The van der Waals surface area contributed by atoms with E-state index in [0.717, 1.165) is 6.42 Å². The second kappa shape index (κ2) is 6.51. The van der Waals surface area contributed by atoms with Crippen molar-refractivity contribution in [3.8, 4) is 5.75 Å². The number of hydrogen-bond donors (Lipinski definition) is 2. The minimum absolute atomic E-state index is 0.0875. The molecular formula is C14H16F2N2O3. The molecule has 1 aromatic carbocycles. The van der Waals surface area contributed by atoms with Gasteiger partial charge in [-0.25, -0.2) is 0 Å². The fraction of sp³-hybridized carbons (Fsp3) is 0.429. The first-order chi connectivity index (χ1) is 9.97. The third kappa shape index (κ3) is 3.90. The zero-order valence-electron chi connectivity index (χ0n) is 11.2. The van der Waals surface area contributed by atoms with Crippen LogP contribution in [0.25, 0.3) is 0 Å². The monoisotopic (exact) mass is 298 g/mol. The van der Waals surface area contributed by atoms with Crippen LogP contribution < -0.4 is 15.8 Å². The largest absolute Gasteiger partial charge is 0.435 e. The number of carbonyl (C=O) groups excluding carboxylic acids is 2. The maximum atomic E-state index is 12.1. The van der Waals surface area contributed by atoms with Gasteiger partial charge in [-0.05, 0) is 31.0 Å². The number of ether oxygens (including phenoxy) is 1. The van der Waals surface area contributed by atoms with E-state index in [1.54, 1.807) is 0 Å². The molecule has 0 spiro atoms. The zero-order chi connectivity index (χ0) is 15.4. The van der Waals surface area contributed by atoms with E-state index in [0.29, 0.717) is 12.8 Å². The smallest absolute Gasteiger partial charge is 0.387 e. The Kier molecular flexibility index (Phi) is 4.72. The number of nitrogens with one attached hydrogen (secondary N) is 1. The summed E-state index contributed by atoms with van der Waals surface area (Å²) in [6.07, 6.45) is 2.13. The molecule has 0 radical (unpaired) electrons. The summed E-state index contributed by atoms with van der Waals surface area (Å²) in [5.74, 6) is -1.34. The molecule has 1 aromatic rings. The molecule has 0 aliphatic heterocycles. The van der Waals surface area contributed by atoms with Crippen molar-refractivity contribution < 1.29 is 23.1 Å². The molecule has 114 valence electrons. The molecule has 2 amide bonds. The molecule has 7 heteroatoms. The number of benzene rings is 1. The summed E-state index contributed by atoms with van der Waals surface area (Å²) in [6.45, 7) is -2.95. The lowest BCUT2D eigenvalue weighted by Gasteiger charge is -2.18. The van der Waals surface area contributed by atoms with Gasteiger partial charge in [0, 0.05) is 11.6 Å². The molecule has 0 heterocycles. The summed E-state index contributed by atoms with van der Waals surface area (Å²) in [4.78, 5) is 23.4. The first-order valence-corrected chi connectivity index (χ1v) is 6.62. The molecule has 0 unspecified atom stereocenters. The molecule has 0 bridgehead atoms. The van der Waals surface area contributed by atoms with Crippen LogP contribution in [0, 0.1) is 5.92 Å². The van der Waals surface area contributed by atoms with Crippen molar-refractivity contribution in [3.05, 3.63) is 29.8 Å². The van der Waals surface area contributed by atoms with Gasteiger partial charge in [0.25, 0.3) is 5.91 Å². The Morgan fingerprint density at radius 3 is 2.76 bits per heavy atom. The summed E-state index contributed by atoms with van der Waals surface area (Å²) >= 11 is 0. The topological polar surface area (TPSA) is 81.4 Å². The Morgan fingerprint density at radius 2 is 2.10 bits per heavy atom. The Balaban J connectivity index is 2.04. The van der Waals surface area contributed by atoms with E-state index >= 15 is 0 Å². The molecule has 1 saturated carbocycles. The van der Waals surface area contributed by atoms with Crippen LogP contribution in [-0.4, -0.2) is 24.5 Å². The molecule has 1 aliphatic rings. The number of nitrogens with two attached hydrogens (primary N) is 1. The highest BCUT2D eigenvalue weighted by atomic mass is 19.3.